The average Bonchev–Trinajstić information content (AvgIpc) is 2.69. The van der Waals surface area contributed by atoms with Crippen LogP contribution >= 0.6 is 11.3 Å². The lowest BCUT2D eigenvalue weighted by molar-refractivity contribution is 1.63. The minimum Gasteiger partial charge on any atom is -0.398 e. The molecule has 0 aliphatic heterocycles. The van der Waals surface area contributed by atoms with Crippen molar-refractivity contribution in [3.8, 4) is 11.8 Å². The summed E-state index contributed by atoms with van der Waals surface area (Å²) in [6.45, 7) is 0. The number of benzene rings is 1. The van der Waals surface area contributed by atoms with E-state index in [0.29, 0.717) is 0 Å². The summed E-state index contributed by atoms with van der Waals surface area (Å²) in [6.07, 6.45) is 0. The third-order valence-electron chi connectivity index (χ3n) is 1.82. The average molecular weight is 199 g/mol. The van der Waals surface area contributed by atoms with Gasteiger partial charge < -0.3 is 5.73 Å². The van der Waals surface area contributed by atoms with Gasteiger partial charge in [-0.15, -0.1) is 0 Å². The Balaban J connectivity index is 2.31. The minimum absolute atomic E-state index is 0.732. The van der Waals surface area contributed by atoms with E-state index in [1.165, 1.54) is 0 Å². The lowest BCUT2D eigenvalue weighted by Gasteiger charge is -1.94. The first kappa shape index (κ1) is 8.86. The third kappa shape index (κ3) is 1.95. The Morgan fingerprint density at radius 1 is 1.07 bits per heavy atom. The van der Waals surface area contributed by atoms with Gasteiger partial charge in [-0.2, -0.15) is 11.3 Å². The molecule has 0 aliphatic carbocycles. The van der Waals surface area contributed by atoms with Gasteiger partial charge in [0.15, 0.2) is 0 Å². The fourth-order valence-electron chi connectivity index (χ4n) is 1.09. The van der Waals surface area contributed by atoms with Crippen molar-refractivity contribution < 1.29 is 0 Å². The first-order chi connectivity index (χ1) is 6.86. The molecule has 2 heteroatoms. The highest BCUT2D eigenvalue weighted by Gasteiger charge is 1.91. The SMILES string of the molecule is Nc1ccccc1C#Cc1ccsc1. The summed E-state index contributed by atoms with van der Waals surface area (Å²) < 4.78 is 0. The molecule has 2 rings (SSSR count). The first-order valence-electron chi connectivity index (χ1n) is 4.25. The number of rotatable bonds is 0. The van der Waals surface area contributed by atoms with Crippen molar-refractivity contribution in [3.05, 3.63) is 52.2 Å². The van der Waals surface area contributed by atoms with Crippen molar-refractivity contribution in [3.63, 3.8) is 0 Å². The van der Waals surface area contributed by atoms with Crippen molar-refractivity contribution >= 4 is 17.0 Å². The number of nitrogens with two attached hydrogens (primary N) is 1. The molecule has 2 N–H and O–H groups in total. The van der Waals surface area contributed by atoms with Crippen molar-refractivity contribution in [2.24, 2.45) is 0 Å². The molecular weight excluding hydrogens is 190 g/mol. The molecule has 0 spiro atoms. The van der Waals surface area contributed by atoms with Gasteiger partial charge in [0, 0.05) is 22.2 Å². The van der Waals surface area contributed by atoms with E-state index >= 15 is 0 Å². The van der Waals surface area contributed by atoms with Gasteiger partial charge >= 0.3 is 0 Å². The molecule has 1 nitrogen and oxygen atoms in total. The zero-order valence-electron chi connectivity index (χ0n) is 7.53. The molecule has 14 heavy (non-hydrogen) atoms. The van der Waals surface area contributed by atoms with E-state index in [0.717, 1.165) is 16.8 Å². The topological polar surface area (TPSA) is 26.0 Å². The summed E-state index contributed by atoms with van der Waals surface area (Å²) >= 11 is 1.65. The zero-order chi connectivity index (χ0) is 9.80. The van der Waals surface area contributed by atoms with Crippen LogP contribution in [0.4, 0.5) is 5.69 Å². The molecule has 0 amide bonds. The number of hydrogen-bond donors (Lipinski definition) is 1. The standard InChI is InChI=1S/C12H9NS/c13-12-4-2-1-3-11(12)6-5-10-7-8-14-9-10/h1-4,7-9H,13H2. The van der Waals surface area contributed by atoms with E-state index in [9.17, 15) is 0 Å². The Morgan fingerprint density at radius 2 is 1.93 bits per heavy atom. The van der Waals surface area contributed by atoms with E-state index in [1.54, 1.807) is 11.3 Å². The van der Waals surface area contributed by atoms with Crippen molar-refractivity contribution in [2.75, 3.05) is 5.73 Å². The highest BCUT2D eigenvalue weighted by atomic mass is 32.1. The Morgan fingerprint density at radius 3 is 2.64 bits per heavy atom. The van der Waals surface area contributed by atoms with Crippen LogP contribution in [-0.4, -0.2) is 0 Å². The van der Waals surface area contributed by atoms with Crippen LogP contribution in [0.1, 0.15) is 11.1 Å². The van der Waals surface area contributed by atoms with Crippen LogP contribution < -0.4 is 5.73 Å². The highest BCUT2D eigenvalue weighted by Crippen LogP contribution is 2.09. The maximum Gasteiger partial charge on any atom is 0.0478 e. The molecule has 0 radical (unpaired) electrons. The summed E-state index contributed by atoms with van der Waals surface area (Å²) in [5, 5.41) is 4.03. The predicted molar refractivity (Wildman–Crippen MR) is 61.2 cm³/mol. The first-order valence-corrected chi connectivity index (χ1v) is 5.19. The molecule has 0 unspecified atom stereocenters. The van der Waals surface area contributed by atoms with E-state index < -0.39 is 0 Å². The Hall–Kier alpha value is -1.72. The van der Waals surface area contributed by atoms with Gasteiger partial charge in [-0.25, -0.2) is 0 Å². The van der Waals surface area contributed by atoms with Crippen LogP contribution in [0.25, 0.3) is 0 Å². The van der Waals surface area contributed by atoms with E-state index in [4.69, 9.17) is 5.73 Å². The number of nitrogen functional groups attached to an aromatic ring is 1. The molecule has 0 bridgehead atoms. The van der Waals surface area contributed by atoms with Gasteiger partial charge in [-0.05, 0) is 23.6 Å². The van der Waals surface area contributed by atoms with Gasteiger partial charge in [-0.1, -0.05) is 24.0 Å². The monoisotopic (exact) mass is 199 g/mol. The molecule has 0 atom stereocenters. The van der Waals surface area contributed by atoms with Gasteiger partial charge in [0.05, 0.1) is 0 Å². The summed E-state index contributed by atoms with van der Waals surface area (Å²) in [5.74, 6) is 6.11. The quantitative estimate of drug-likeness (QED) is 0.512. The zero-order valence-corrected chi connectivity index (χ0v) is 8.34. The van der Waals surface area contributed by atoms with Crippen molar-refractivity contribution in [1.29, 1.82) is 0 Å². The van der Waals surface area contributed by atoms with Gasteiger partial charge in [-0.3, -0.25) is 0 Å². The van der Waals surface area contributed by atoms with Crippen molar-refractivity contribution in [2.45, 2.75) is 0 Å². The van der Waals surface area contributed by atoms with Crippen LogP contribution in [0, 0.1) is 11.8 Å². The fourth-order valence-corrected chi connectivity index (χ4v) is 1.67. The summed E-state index contributed by atoms with van der Waals surface area (Å²) in [5.41, 5.74) is 8.42. The molecular formula is C12H9NS. The van der Waals surface area contributed by atoms with E-state index in [2.05, 4.69) is 11.8 Å². The highest BCUT2D eigenvalue weighted by molar-refractivity contribution is 7.08. The lowest BCUT2D eigenvalue weighted by Crippen LogP contribution is -1.88. The molecule has 68 valence electrons. The number of para-hydroxylation sites is 1. The molecule has 0 fully saturated rings. The Bertz CT molecular complexity index is 475. The largest absolute Gasteiger partial charge is 0.398 e. The maximum atomic E-state index is 5.76. The Kier molecular flexibility index (Phi) is 2.53. The molecule has 0 saturated carbocycles. The molecule has 0 saturated heterocycles. The van der Waals surface area contributed by atoms with Crippen LogP contribution in [0.15, 0.2) is 41.1 Å². The van der Waals surface area contributed by atoms with Gasteiger partial charge in [0.25, 0.3) is 0 Å². The third-order valence-corrected chi connectivity index (χ3v) is 2.51. The van der Waals surface area contributed by atoms with Crippen LogP contribution in [0.3, 0.4) is 0 Å². The second-order valence-corrected chi connectivity index (χ2v) is 3.63. The van der Waals surface area contributed by atoms with Crippen LogP contribution in [0.5, 0.6) is 0 Å². The molecule has 1 heterocycles. The second-order valence-electron chi connectivity index (χ2n) is 2.85. The summed E-state index contributed by atoms with van der Waals surface area (Å²) in [6, 6.07) is 9.63. The van der Waals surface area contributed by atoms with Crippen LogP contribution in [0.2, 0.25) is 0 Å². The number of thiophene rings is 1. The molecule has 1 aromatic heterocycles. The van der Waals surface area contributed by atoms with Gasteiger partial charge in [0.1, 0.15) is 0 Å². The summed E-state index contributed by atoms with van der Waals surface area (Å²) in [4.78, 5) is 0. The maximum absolute atomic E-state index is 5.76. The van der Waals surface area contributed by atoms with Crippen LogP contribution in [-0.2, 0) is 0 Å². The molecule has 1 aromatic carbocycles. The fraction of sp³-hybridized carbons (Fsp3) is 0. The predicted octanol–water partition coefficient (Wildman–Crippen LogP) is 2.73. The number of anilines is 1. The molecule has 2 aromatic rings. The van der Waals surface area contributed by atoms with Gasteiger partial charge in [0.2, 0.25) is 0 Å². The minimum atomic E-state index is 0.732. The van der Waals surface area contributed by atoms with E-state index in [-0.39, 0.29) is 0 Å². The molecule has 0 aliphatic rings. The Labute approximate surface area is 87.2 Å². The smallest absolute Gasteiger partial charge is 0.0478 e. The second kappa shape index (κ2) is 3.99. The lowest BCUT2D eigenvalue weighted by atomic mass is 10.2. The van der Waals surface area contributed by atoms with E-state index in [1.807, 2.05) is 41.1 Å². The normalized spacial score (nSPS) is 9.14. The number of hydrogen-bond acceptors (Lipinski definition) is 2. The summed E-state index contributed by atoms with van der Waals surface area (Å²) in [7, 11) is 0. The van der Waals surface area contributed by atoms with Crippen molar-refractivity contribution in [1.82, 2.24) is 0 Å².